The number of methoxy groups -OCH3 is 2. The molecule has 344 valence electrons. The van der Waals surface area contributed by atoms with Crippen LogP contribution in [-0.4, -0.2) is 107 Å². The summed E-state index contributed by atoms with van der Waals surface area (Å²) < 4.78 is 22.3. The molecular formula is C50H61N7O8. The summed E-state index contributed by atoms with van der Waals surface area (Å²) in [6.07, 6.45) is 4.88. The third-order valence-electron chi connectivity index (χ3n) is 14.3. The summed E-state index contributed by atoms with van der Waals surface area (Å²) in [7, 11) is 2.62. The monoisotopic (exact) mass is 887 g/mol. The largest absolute Gasteiger partial charge is 0.488 e. The van der Waals surface area contributed by atoms with Gasteiger partial charge >= 0.3 is 12.2 Å². The third-order valence-corrected chi connectivity index (χ3v) is 14.3. The van der Waals surface area contributed by atoms with E-state index in [0.29, 0.717) is 38.2 Å². The summed E-state index contributed by atoms with van der Waals surface area (Å²) in [6, 6.07) is 13.0. The van der Waals surface area contributed by atoms with E-state index in [0.717, 1.165) is 80.7 Å². The molecule has 0 saturated carbocycles. The number of rotatable bonds is 9. The minimum atomic E-state index is -0.722. The van der Waals surface area contributed by atoms with Crippen molar-refractivity contribution in [3.05, 3.63) is 65.6 Å². The molecule has 0 bridgehead atoms. The number of carbonyl (C=O) groups is 4. The van der Waals surface area contributed by atoms with Crippen LogP contribution in [0, 0.1) is 17.8 Å². The zero-order valence-corrected chi connectivity index (χ0v) is 38.6. The molecule has 0 radical (unpaired) electrons. The average molecular weight is 888 g/mol. The van der Waals surface area contributed by atoms with E-state index in [1.807, 2.05) is 50.6 Å². The van der Waals surface area contributed by atoms with E-state index in [2.05, 4.69) is 65.0 Å². The quantitative estimate of drug-likeness (QED) is 0.150. The van der Waals surface area contributed by atoms with Gasteiger partial charge in [0.25, 0.3) is 0 Å². The van der Waals surface area contributed by atoms with Gasteiger partial charge in [0.05, 0.1) is 56.1 Å². The topological polar surface area (TPSA) is 177 Å². The Balaban J connectivity index is 0.933. The highest BCUT2D eigenvalue weighted by atomic mass is 16.5. The lowest BCUT2D eigenvalue weighted by atomic mass is 9.85. The van der Waals surface area contributed by atoms with E-state index in [9.17, 15) is 19.2 Å². The highest BCUT2D eigenvalue weighted by Crippen LogP contribution is 2.45. The van der Waals surface area contributed by atoms with Crippen LogP contribution in [0.1, 0.15) is 96.6 Å². The number of imidazole rings is 1. The van der Waals surface area contributed by atoms with Crippen LogP contribution in [0.2, 0.25) is 0 Å². The predicted molar refractivity (Wildman–Crippen MR) is 246 cm³/mol. The first kappa shape index (κ1) is 44.3. The Morgan fingerprint density at radius 2 is 1.62 bits per heavy atom. The van der Waals surface area contributed by atoms with Crippen molar-refractivity contribution in [1.29, 1.82) is 0 Å². The number of ether oxygens (including phenoxy) is 4. The standard InChI is InChI=1S/C50H61N7O8/c1-25(2)44(54-49(60)62-7)48(59)57-27(4)9-14-41(57)46-51-22-40(53-46)31-10-12-34-33(18-31)24-64-43-21-35-30(19-37(34)43)11-13-38-36(35)20-39(52-38)42-15-26(3)23-56(42)47(58)45(55-50(61)63-8)32-16-28(5)65-29(6)17-32/h10-13,18-19,21-22,25-29,32,41-42,44-45H,9,14-17,20,23-24H2,1-8H3,(H,51,53)(H,54,60)(H,55,61)/t26-,27-,28+,29+,41-,42-,44-,45-/m0/s1. The van der Waals surface area contributed by atoms with E-state index in [-0.39, 0.29) is 59.9 Å². The number of amides is 4. The van der Waals surface area contributed by atoms with Crippen LogP contribution in [0.4, 0.5) is 15.3 Å². The van der Waals surface area contributed by atoms with Gasteiger partial charge in [0, 0.05) is 30.3 Å². The molecule has 0 spiro atoms. The van der Waals surface area contributed by atoms with Crippen LogP contribution >= 0.6 is 0 Å². The van der Waals surface area contributed by atoms with Crippen molar-refractivity contribution in [3.8, 4) is 28.1 Å². The third kappa shape index (κ3) is 8.43. The number of fused-ring (bicyclic) bond motifs is 6. The summed E-state index contributed by atoms with van der Waals surface area (Å²) in [5.41, 5.74) is 7.99. The van der Waals surface area contributed by atoms with Crippen molar-refractivity contribution in [2.24, 2.45) is 22.7 Å². The van der Waals surface area contributed by atoms with Crippen LogP contribution in [0.25, 0.3) is 33.2 Å². The predicted octanol–water partition coefficient (Wildman–Crippen LogP) is 8.02. The number of nitrogens with one attached hydrogen (secondary N) is 3. The Labute approximate surface area is 380 Å². The molecule has 6 heterocycles. The van der Waals surface area contributed by atoms with Crippen LogP contribution in [0.5, 0.6) is 5.75 Å². The normalized spacial score (nSPS) is 25.6. The second kappa shape index (κ2) is 17.8. The Morgan fingerprint density at radius 3 is 2.35 bits per heavy atom. The minimum Gasteiger partial charge on any atom is -0.488 e. The number of alkyl carbamates (subject to hydrolysis) is 2. The summed E-state index contributed by atoms with van der Waals surface area (Å²) >= 11 is 0. The second-order valence-electron chi connectivity index (χ2n) is 19.3. The molecule has 9 rings (SSSR count). The van der Waals surface area contributed by atoms with Crippen LogP contribution in [0.15, 0.2) is 53.7 Å². The van der Waals surface area contributed by atoms with E-state index < -0.39 is 24.3 Å². The molecule has 15 heteroatoms. The van der Waals surface area contributed by atoms with Crippen molar-refractivity contribution >= 4 is 46.2 Å². The van der Waals surface area contributed by atoms with Gasteiger partial charge in [0.15, 0.2) is 0 Å². The lowest BCUT2D eigenvalue weighted by molar-refractivity contribution is -0.138. The van der Waals surface area contributed by atoms with Crippen molar-refractivity contribution < 1.29 is 38.1 Å². The number of aromatic amines is 1. The average Bonchev–Trinajstić information content (AvgIpc) is 4.11. The molecule has 1 aromatic heterocycles. The molecule has 0 aliphatic carbocycles. The first-order chi connectivity index (χ1) is 31.2. The number of nitrogens with zero attached hydrogens (tertiary/aromatic N) is 4. The Kier molecular flexibility index (Phi) is 12.1. The molecule has 8 atom stereocenters. The maximum absolute atomic E-state index is 14.6. The van der Waals surface area contributed by atoms with E-state index >= 15 is 0 Å². The van der Waals surface area contributed by atoms with Gasteiger partial charge in [0.2, 0.25) is 11.8 Å². The van der Waals surface area contributed by atoms with Gasteiger partial charge in [-0.1, -0.05) is 39.0 Å². The first-order valence-corrected chi connectivity index (χ1v) is 23.2. The van der Waals surface area contributed by atoms with Crippen molar-refractivity contribution in [2.75, 3.05) is 20.8 Å². The lowest BCUT2D eigenvalue weighted by Gasteiger charge is -2.38. The van der Waals surface area contributed by atoms with Gasteiger partial charge in [0.1, 0.15) is 30.3 Å². The maximum Gasteiger partial charge on any atom is 0.407 e. The van der Waals surface area contributed by atoms with Crippen LogP contribution < -0.4 is 15.4 Å². The molecule has 0 unspecified atom stereocenters. The molecule has 65 heavy (non-hydrogen) atoms. The Bertz CT molecular complexity index is 2540. The number of benzene rings is 3. The fourth-order valence-electron chi connectivity index (χ4n) is 11.1. The summed E-state index contributed by atoms with van der Waals surface area (Å²) in [4.78, 5) is 70.5. The van der Waals surface area contributed by atoms with E-state index in [1.54, 1.807) is 0 Å². The molecule has 15 nitrogen and oxygen atoms in total. The Hall–Kier alpha value is -5.96. The molecule has 3 fully saturated rings. The zero-order valence-electron chi connectivity index (χ0n) is 38.6. The Morgan fingerprint density at radius 1 is 0.862 bits per heavy atom. The van der Waals surface area contributed by atoms with Crippen molar-refractivity contribution in [3.63, 3.8) is 0 Å². The highest BCUT2D eigenvalue weighted by Gasteiger charge is 2.45. The maximum atomic E-state index is 14.6. The van der Waals surface area contributed by atoms with E-state index in [1.165, 1.54) is 14.2 Å². The number of aliphatic imine (C=N–C) groups is 1. The fourth-order valence-corrected chi connectivity index (χ4v) is 11.1. The van der Waals surface area contributed by atoms with Gasteiger partial charge in [-0.3, -0.25) is 14.6 Å². The van der Waals surface area contributed by atoms with Crippen molar-refractivity contribution in [1.82, 2.24) is 30.4 Å². The number of likely N-dealkylation sites (tertiary alicyclic amines) is 2. The van der Waals surface area contributed by atoms with Crippen molar-refractivity contribution in [2.45, 2.75) is 129 Å². The number of aromatic nitrogens is 2. The molecule has 5 aliphatic rings. The minimum absolute atomic E-state index is 0.0154. The highest BCUT2D eigenvalue weighted by molar-refractivity contribution is 6.06. The van der Waals surface area contributed by atoms with Gasteiger partial charge in [-0.15, -0.1) is 0 Å². The summed E-state index contributed by atoms with van der Waals surface area (Å²) in [5.74, 6) is 1.35. The second-order valence-corrected chi connectivity index (χ2v) is 19.3. The molecule has 3 saturated heterocycles. The summed E-state index contributed by atoms with van der Waals surface area (Å²) in [6.45, 7) is 13.0. The van der Waals surface area contributed by atoms with E-state index in [4.69, 9.17) is 28.9 Å². The molecule has 3 N–H and O–H groups in total. The fraction of sp³-hybridized carbons (Fsp3) is 0.520. The van der Waals surface area contributed by atoms with Gasteiger partial charge < -0.3 is 44.4 Å². The van der Waals surface area contributed by atoms with Gasteiger partial charge in [-0.05, 0) is 128 Å². The molecular weight excluding hydrogens is 827 g/mol. The van der Waals surface area contributed by atoms with Gasteiger partial charge in [-0.25, -0.2) is 14.6 Å². The number of H-pyrrole nitrogens is 1. The number of carbonyl (C=O) groups excluding carboxylic acids is 4. The molecule has 4 aromatic rings. The first-order valence-electron chi connectivity index (χ1n) is 23.2. The van der Waals surface area contributed by atoms with Crippen LogP contribution in [-0.2, 0) is 36.8 Å². The molecule has 4 amide bonds. The molecule has 5 aliphatic heterocycles. The SMILES string of the molecule is COC(=O)N[C@H](C(=O)N1[C@@H](C)CC[C@H]1c1ncc(-c2ccc3c(c2)COc2cc4c5c(ccc4cc2-3)N=C([C@@H]2C[C@H](C)CN2C(=O)[C@@H](NC(=O)OC)C2C[C@@H](C)O[C@H](C)C2)C5)[nH]1)C(C)C. The number of hydrogen-bond donors (Lipinski definition) is 3. The molecule has 3 aromatic carbocycles. The van der Waals surface area contributed by atoms with Crippen LogP contribution in [0.3, 0.4) is 0 Å². The summed E-state index contributed by atoms with van der Waals surface area (Å²) in [5, 5.41) is 7.81. The van der Waals surface area contributed by atoms with Gasteiger partial charge in [-0.2, -0.15) is 0 Å². The smallest absolute Gasteiger partial charge is 0.407 e. The number of hydrogen-bond acceptors (Lipinski definition) is 10. The zero-order chi connectivity index (χ0) is 45.8. The lowest BCUT2D eigenvalue weighted by Crippen LogP contribution is -2.56.